The molecule has 4 atom stereocenters. The maximum Gasteiger partial charge on any atom is 0.127 e. The van der Waals surface area contributed by atoms with Crippen LogP contribution in [0.2, 0.25) is 0 Å². The maximum absolute atomic E-state index is 11.0. The molecule has 0 saturated carbocycles. The fourth-order valence-electron chi connectivity index (χ4n) is 5.10. The molecule has 1 aromatic carbocycles. The van der Waals surface area contributed by atoms with Crippen molar-refractivity contribution in [1.29, 1.82) is 0 Å². The summed E-state index contributed by atoms with van der Waals surface area (Å²) >= 11 is 0. The van der Waals surface area contributed by atoms with Crippen LogP contribution in [0.15, 0.2) is 23.8 Å². The van der Waals surface area contributed by atoms with Crippen molar-refractivity contribution in [3.05, 3.63) is 34.9 Å². The van der Waals surface area contributed by atoms with Gasteiger partial charge in [0.25, 0.3) is 0 Å². The second-order valence-corrected chi connectivity index (χ2v) is 9.60. The van der Waals surface area contributed by atoms with Gasteiger partial charge in [0, 0.05) is 17.4 Å². The van der Waals surface area contributed by atoms with Crippen LogP contribution in [-0.4, -0.2) is 10.7 Å². The number of allylic oxidation sites excluding steroid dienone is 2. The zero-order valence-corrected chi connectivity index (χ0v) is 18.1. The second kappa shape index (κ2) is 7.89. The normalized spacial score (nSPS) is 25.6. The van der Waals surface area contributed by atoms with Crippen molar-refractivity contribution in [3.63, 3.8) is 0 Å². The minimum absolute atomic E-state index is 0.199. The van der Waals surface area contributed by atoms with Gasteiger partial charge in [-0.15, -0.1) is 0 Å². The molecule has 0 fully saturated rings. The van der Waals surface area contributed by atoms with Crippen molar-refractivity contribution >= 4 is 0 Å². The van der Waals surface area contributed by atoms with Crippen molar-refractivity contribution < 1.29 is 9.84 Å². The van der Waals surface area contributed by atoms with Crippen molar-refractivity contribution in [2.45, 2.75) is 97.5 Å². The van der Waals surface area contributed by atoms with Gasteiger partial charge >= 0.3 is 0 Å². The molecule has 2 nitrogen and oxygen atoms in total. The SMILES string of the molecule is CCCCCC(C)C(C)c1cc(O)c2c(c1)OC(C)(C)C1CCC(C)=CC21. The molecule has 1 aliphatic carbocycles. The van der Waals surface area contributed by atoms with E-state index in [1.54, 1.807) is 0 Å². The Balaban J connectivity index is 1.93. The van der Waals surface area contributed by atoms with E-state index in [4.69, 9.17) is 4.74 Å². The van der Waals surface area contributed by atoms with Crippen molar-refractivity contribution in [2.75, 3.05) is 0 Å². The average Bonchev–Trinajstić information content (AvgIpc) is 2.59. The van der Waals surface area contributed by atoms with Gasteiger partial charge in [-0.2, -0.15) is 0 Å². The van der Waals surface area contributed by atoms with Crippen molar-refractivity contribution in [2.24, 2.45) is 11.8 Å². The van der Waals surface area contributed by atoms with E-state index < -0.39 is 0 Å². The number of rotatable bonds is 6. The lowest BCUT2D eigenvalue weighted by Crippen LogP contribution is -2.45. The summed E-state index contributed by atoms with van der Waals surface area (Å²) in [5.74, 6) is 3.04. The first-order chi connectivity index (χ1) is 12.7. The topological polar surface area (TPSA) is 29.5 Å². The summed E-state index contributed by atoms with van der Waals surface area (Å²) in [6, 6.07) is 4.22. The third kappa shape index (κ3) is 4.05. The summed E-state index contributed by atoms with van der Waals surface area (Å²) in [5, 5.41) is 11.0. The Kier molecular flexibility index (Phi) is 5.93. The summed E-state index contributed by atoms with van der Waals surface area (Å²) in [7, 11) is 0. The summed E-state index contributed by atoms with van der Waals surface area (Å²) in [6.07, 6.45) is 9.73. The molecule has 2 heteroatoms. The van der Waals surface area contributed by atoms with E-state index in [9.17, 15) is 5.11 Å². The summed E-state index contributed by atoms with van der Waals surface area (Å²) in [6.45, 7) is 13.5. The molecule has 1 aromatic rings. The smallest absolute Gasteiger partial charge is 0.127 e. The van der Waals surface area contributed by atoms with Gasteiger partial charge in [0.05, 0.1) is 0 Å². The zero-order valence-electron chi connectivity index (χ0n) is 18.1. The van der Waals surface area contributed by atoms with E-state index in [1.165, 1.54) is 36.8 Å². The lowest BCUT2D eigenvalue weighted by molar-refractivity contribution is 0.0107. The largest absolute Gasteiger partial charge is 0.507 e. The third-order valence-electron chi connectivity index (χ3n) is 7.13. The standard InChI is InChI=1S/C25H38O2/c1-7-8-9-10-17(3)18(4)19-14-22(26)24-20-13-16(2)11-12-21(20)25(5,6)27-23(24)15-19/h13-15,17-18,20-21,26H,7-12H2,1-6H3. The highest BCUT2D eigenvalue weighted by molar-refractivity contribution is 5.54. The Labute approximate surface area is 166 Å². The van der Waals surface area contributed by atoms with Crippen LogP contribution in [0.4, 0.5) is 0 Å². The maximum atomic E-state index is 11.0. The highest BCUT2D eigenvalue weighted by atomic mass is 16.5. The van der Waals surface area contributed by atoms with Gasteiger partial charge in [0.15, 0.2) is 0 Å². The van der Waals surface area contributed by atoms with Crippen molar-refractivity contribution in [3.8, 4) is 11.5 Å². The fraction of sp³-hybridized carbons (Fsp3) is 0.680. The number of aromatic hydroxyl groups is 1. The molecule has 2 aliphatic rings. The van der Waals surface area contributed by atoms with Gasteiger partial charge in [0.1, 0.15) is 17.1 Å². The molecular weight excluding hydrogens is 332 g/mol. The lowest BCUT2D eigenvalue weighted by Gasteiger charge is -2.46. The molecule has 0 bridgehead atoms. The van der Waals surface area contributed by atoms with Crippen LogP contribution in [0.5, 0.6) is 11.5 Å². The van der Waals surface area contributed by atoms with E-state index in [2.05, 4.69) is 53.7 Å². The van der Waals surface area contributed by atoms with Crippen LogP contribution in [-0.2, 0) is 0 Å². The van der Waals surface area contributed by atoms with Gasteiger partial charge in [-0.25, -0.2) is 0 Å². The number of hydrogen-bond donors (Lipinski definition) is 1. The fourth-order valence-corrected chi connectivity index (χ4v) is 5.10. The van der Waals surface area contributed by atoms with Crippen LogP contribution in [0.3, 0.4) is 0 Å². The number of benzene rings is 1. The van der Waals surface area contributed by atoms with Crippen LogP contribution in [0.1, 0.15) is 103 Å². The quantitative estimate of drug-likeness (QED) is 0.420. The number of hydrogen-bond acceptors (Lipinski definition) is 2. The number of fused-ring (bicyclic) bond motifs is 3. The van der Waals surface area contributed by atoms with Crippen molar-refractivity contribution in [1.82, 2.24) is 0 Å². The number of phenolic OH excluding ortho intramolecular Hbond substituents is 1. The van der Waals surface area contributed by atoms with E-state index >= 15 is 0 Å². The molecule has 0 spiro atoms. The summed E-state index contributed by atoms with van der Waals surface area (Å²) in [5.41, 5.74) is 3.45. The Morgan fingerprint density at radius 1 is 1.22 bits per heavy atom. The molecule has 1 N–H and O–H groups in total. The van der Waals surface area contributed by atoms with Crippen LogP contribution in [0, 0.1) is 11.8 Å². The summed E-state index contributed by atoms with van der Waals surface area (Å²) < 4.78 is 6.48. The summed E-state index contributed by atoms with van der Waals surface area (Å²) in [4.78, 5) is 0. The molecule has 0 saturated heterocycles. The minimum atomic E-state index is -0.199. The highest BCUT2D eigenvalue weighted by Crippen LogP contribution is 2.54. The van der Waals surface area contributed by atoms with Gasteiger partial charge in [-0.3, -0.25) is 0 Å². The van der Waals surface area contributed by atoms with E-state index in [0.29, 0.717) is 23.5 Å². The van der Waals surface area contributed by atoms with E-state index in [0.717, 1.165) is 24.2 Å². The predicted octanol–water partition coefficient (Wildman–Crippen LogP) is 7.32. The number of unbranched alkanes of at least 4 members (excludes halogenated alkanes) is 2. The zero-order chi connectivity index (χ0) is 19.8. The Morgan fingerprint density at radius 2 is 1.96 bits per heavy atom. The molecule has 4 unspecified atom stereocenters. The van der Waals surface area contributed by atoms with Gasteiger partial charge in [-0.1, -0.05) is 58.1 Å². The molecule has 150 valence electrons. The molecule has 3 rings (SSSR count). The van der Waals surface area contributed by atoms with Gasteiger partial charge in [-0.05, 0) is 63.1 Å². The Morgan fingerprint density at radius 3 is 2.67 bits per heavy atom. The molecular formula is C25H38O2. The van der Waals surface area contributed by atoms with E-state index in [1.807, 2.05) is 6.07 Å². The van der Waals surface area contributed by atoms with E-state index in [-0.39, 0.29) is 11.5 Å². The first-order valence-electron chi connectivity index (χ1n) is 11.0. The van der Waals surface area contributed by atoms with Crippen LogP contribution >= 0.6 is 0 Å². The predicted molar refractivity (Wildman–Crippen MR) is 114 cm³/mol. The van der Waals surface area contributed by atoms with Crippen LogP contribution in [0.25, 0.3) is 0 Å². The minimum Gasteiger partial charge on any atom is -0.507 e. The molecule has 0 radical (unpaired) electrons. The first-order valence-corrected chi connectivity index (χ1v) is 11.0. The lowest BCUT2D eigenvalue weighted by atomic mass is 9.67. The molecule has 27 heavy (non-hydrogen) atoms. The Hall–Kier alpha value is -1.44. The van der Waals surface area contributed by atoms with Crippen LogP contribution < -0.4 is 4.74 Å². The molecule has 0 amide bonds. The monoisotopic (exact) mass is 370 g/mol. The molecule has 1 heterocycles. The third-order valence-corrected chi connectivity index (χ3v) is 7.13. The molecule has 1 aliphatic heterocycles. The average molecular weight is 371 g/mol. The highest BCUT2D eigenvalue weighted by Gasteiger charge is 2.45. The van der Waals surface area contributed by atoms with Gasteiger partial charge in [0.2, 0.25) is 0 Å². The number of ether oxygens (including phenoxy) is 1. The van der Waals surface area contributed by atoms with Gasteiger partial charge < -0.3 is 9.84 Å². The Bertz CT molecular complexity index is 701. The second-order valence-electron chi connectivity index (χ2n) is 9.60. The first kappa shape index (κ1) is 20.3. The molecule has 0 aromatic heterocycles. The number of phenols is 1.